The monoisotopic (exact) mass is 796 g/mol. The standard InChI is InChI=1S/C21H22FNO2S.C13H19NO2S.C9H16O3/c1-3-6-16-14(2)13-19(17-8-4-9-18(22)20(17)24)23(21(16)25)11-10-15-7-5-12-26-15;1-3-5-12(10(2)15)13(16)14-8-7-11-6-4-9-17-11;1-4-6-8(7(3)10)9(11)12-5-2/h4-5,7-9,12-13,24H,3,6,10-11H2,1-2H3;4,6,9,12H,3,5,7-8H2,1-2H3,(H,14,16);8H,4-6H2,1-3H3. The van der Waals surface area contributed by atoms with E-state index >= 15 is 0 Å². The predicted octanol–water partition coefficient (Wildman–Crippen LogP) is 8.89. The number of aromatic hydroxyl groups is 1. The van der Waals surface area contributed by atoms with Crippen LogP contribution in [0.2, 0.25) is 0 Å². The molecular weight excluding hydrogens is 740 g/mol. The number of aromatic nitrogens is 1. The first-order valence-electron chi connectivity index (χ1n) is 19.0. The Morgan fingerprint density at radius 1 is 0.836 bits per heavy atom. The number of rotatable bonds is 18. The Morgan fingerprint density at radius 2 is 1.44 bits per heavy atom. The topological polar surface area (TPSA) is 132 Å². The van der Waals surface area contributed by atoms with Crippen LogP contribution in [0.15, 0.2) is 64.1 Å². The molecule has 9 nitrogen and oxygen atoms in total. The van der Waals surface area contributed by atoms with Crippen molar-refractivity contribution in [2.24, 2.45) is 11.8 Å². The van der Waals surface area contributed by atoms with Crippen LogP contribution >= 0.6 is 22.7 Å². The molecule has 4 aromatic rings. The van der Waals surface area contributed by atoms with Crippen LogP contribution < -0.4 is 10.9 Å². The molecule has 0 aliphatic heterocycles. The average molecular weight is 797 g/mol. The van der Waals surface area contributed by atoms with Crippen LogP contribution in [0.5, 0.6) is 5.75 Å². The number of halogens is 1. The molecule has 12 heteroatoms. The van der Waals surface area contributed by atoms with E-state index in [-0.39, 0.29) is 29.0 Å². The maximum Gasteiger partial charge on any atom is 0.316 e. The number of Topliss-reactive ketones (excluding diaryl/α,β-unsaturated/α-hetero) is 2. The quantitative estimate of drug-likeness (QED) is 0.0760. The van der Waals surface area contributed by atoms with Gasteiger partial charge in [-0.3, -0.25) is 24.0 Å². The van der Waals surface area contributed by atoms with E-state index in [2.05, 4.69) is 5.32 Å². The minimum absolute atomic E-state index is 0.0412. The predicted molar refractivity (Wildman–Crippen MR) is 220 cm³/mol. The van der Waals surface area contributed by atoms with Gasteiger partial charge < -0.3 is 19.7 Å². The fourth-order valence-electron chi connectivity index (χ4n) is 5.92. The van der Waals surface area contributed by atoms with E-state index in [9.17, 15) is 33.5 Å². The van der Waals surface area contributed by atoms with E-state index in [1.807, 2.05) is 68.8 Å². The Balaban J connectivity index is 0.000000311. The molecule has 1 aromatic carbocycles. The number of hydrogen-bond acceptors (Lipinski definition) is 9. The summed E-state index contributed by atoms with van der Waals surface area (Å²) in [4.78, 5) is 60.7. The minimum atomic E-state index is -0.685. The molecule has 55 heavy (non-hydrogen) atoms. The summed E-state index contributed by atoms with van der Waals surface area (Å²) in [7, 11) is 0. The summed E-state index contributed by atoms with van der Waals surface area (Å²) in [5.41, 5.74) is 2.52. The Kier molecular flexibility index (Phi) is 21.1. The second-order valence-electron chi connectivity index (χ2n) is 13.1. The van der Waals surface area contributed by atoms with Crippen LogP contribution in [0, 0.1) is 24.6 Å². The summed E-state index contributed by atoms with van der Waals surface area (Å²) in [5.74, 6) is -2.77. The zero-order valence-corrected chi connectivity index (χ0v) is 34.9. The molecule has 0 saturated heterocycles. The summed E-state index contributed by atoms with van der Waals surface area (Å²) in [6, 6.07) is 14.4. The molecule has 0 saturated carbocycles. The maximum absolute atomic E-state index is 13.9. The number of nitrogens with one attached hydrogen (secondary N) is 1. The highest BCUT2D eigenvalue weighted by Gasteiger charge is 2.23. The van der Waals surface area contributed by atoms with Crippen LogP contribution in [0.1, 0.15) is 94.5 Å². The number of ether oxygens (including phenoxy) is 1. The van der Waals surface area contributed by atoms with Gasteiger partial charge in [0.2, 0.25) is 5.91 Å². The highest BCUT2D eigenvalue weighted by atomic mass is 32.1. The Morgan fingerprint density at radius 3 is 1.96 bits per heavy atom. The third kappa shape index (κ3) is 15.0. The number of para-hydroxylation sites is 1. The largest absolute Gasteiger partial charge is 0.504 e. The summed E-state index contributed by atoms with van der Waals surface area (Å²) in [6.07, 6.45) is 6.04. The molecule has 2 N–H and O–H groups in total. The van der Waals surface area contributed by atoms with Crippen molar-refractivity contribution >= 4 is 46.1 Å². The van der Waals surface area contributed by atoms with E-state index in [1.165, 1.54) is 29.7 Å². The van der Waals surface area contributed by atoms with Crippen molar-refractivity contribution in [2.45, 2.75) is 106 Å². The van der Waals surface area contributed by atoms with Crippen LogP contribution in [0.25, 0.3) is 11.3 Å². The Labute approximate surface area is 333 Å². The molecule has 0 radical (unpaired) electrons. The Hall–Kier alpha value is -4.42. The second kappa shape index (κ2) is 24.9. The first-order chi connectivity index (χ1) is 26.3. The average Bonchev–Trinajstić information content (AvgIpc) is 3.87. The van der Waals surface area contributed by atoms with Crippen molar-refractivity contribution in [3.63, 3.8) is 0 Å². The van der Waals surface area contributed by atoms with Crippen molar-refractivity contribution in [1.29, 1.82) is 0 Å². The van der Waals surface area contributed by atoms with Gasteiger partial charge in [0.25, 0.3) is 5.56 Å². The number of pyridine rings is 1. The van der Waals surface area contributed by atoms with Crippen molar-refractivity contribution in [1.82, 2.24) is 9.88 Å². The normalized spacial score (nSPS) is 11.6. The number of hydrogen-bond donors (Lipinski definition) is 2. The molecule has 0 spiro atoms. The number of aryl methyl sites for hydroxylation is 2. The van der Waals surface area contributed by atoms with Gasteiger partial charge in [0.05, 0.1) is 18.2 Å². The van der Waals surface area contributed by atoms with E-state index in [0.29, 0.717) is 50.2 Å². The lowest BCUT2D eigenvalue weighted by Gasteiger charge is -2.17. The van der Waals surface area contributed by atoms with Crippen LogP contribution in [0.3, 0.4) is 0 Å². The number of ketones is 2. The second-order valence-corrected chi connectivity index (χ2v) is 15.2. The van der Waals surface area contributed by atoms with E-state index < -0.39 is 23.4 Å². The summed E-state index contributed by atoms with van der Waals surface area (Å²) in [6.45, 7) is 13.9. The lowest BCUT2D eigenvalue weighted by Crippen LogP contribution is -2.35. The number of benzene rings is 1. The van der Waals surface area contributed by atoms with Gasteiger partial charge in [0.15, 0.2) is 11.6 Å². The number of nitrogens with zero attached hydrogens (tertiary/aromatic N) is 1. The molecule has 0 fully saturated rings. The van der Waals surface area contributed by atoms with Crippen LogP contribution in [-0.2, 0) is 49.7 Å². The van der Waals surface area contributed by atoms with Gasteiger partial charge in [-0.15, -0.1) is 22.7 Å². The van der Waals surface area contributed by atoms with E-state index in [1.54, 1.807) is 46.3 Å². The molecule has 0 aliphatic rings. The first-order valence-corrected chi connectivity index (χ1v) is 20.8. The smallest absolute Gasteiger partial charge is 0.316 e. The Bertz CT molecular complexity index is 1850. The maximum atomic E-state index is 13.9. The highest BCUT2D eigenvalue weighted by Crippen LogP contribution is 2.32. The molecule has 0 bridgehead atoms. The minimum Gasteiger partial charge on any atom is -0.504 e. The lowest BCUT2D eigenvalue weighted by atomic mass is 9.98. The van der Waals surface area contributed by atoms with Crippen molar-refractivity contribution in [3.05, 3.63) is 96.3 Å². The summed E-state index contributed by atoms with van der Waals surface area (Å²) >= 11 is 3.33. The van der Waals surface area contributed by atoms with Gasteiger partial charge in [-0.05, 0) is 106 Å². The number of carbonyl (C=O) groups excluding carboxylic acids is 4. The number of phenols is 1. The molecule has 2 atom stereocenters. The molecule has 2 unspecified atom stereocenters. The van der Waals surface area contributed by atoms with E-state index in [4.69, 9.17) is 4.74 Å². The zero-order valence-electron chi connectivity index (χ0n) is 33.2. The van der Waals surface area contributed by atoms with Crippen molar-refractivity contribution in [2.75, 3.05) is 13.2 Å². The van der Waals surface area contributed by atoms with Crippen LogP contribution in [-0.4, -0.2) is 46.3 Å². The third-order valence-corrected chi connectivity index (χ3v) is 10.7. The zero-order chi connectivity index (χ0) is 40.9. The molecule has 1 amide bonds. The number of thiophene rings is 2. The number of carbonyl (C=O) groups is 4. The van der Waals surface area contributed by atoms with Gasteiger partial charge >= 0.3 is 5.97 Å². The molecule has 3 aromatic heterocycles. The van der Waals surface area contributed by atoms with E-state index in [0.717, 1.165) is 43.2 Å². The van der Waals surface area contributed by atoms with Gasteiger partial charge in [-0.1, -0.05) is 58.2 Å². The molecule has 4 rings (SSSR count). The SMILES string of the molecule is CCCC(C(C)=O)C(=O)NCCc1cccs1.CCCC(C(C)=O)C(=O)OCC.CCCc1c(C)cc(-c2cccc(F)c2O)n(CCc2cccs2)c1=O. The lowest BCUT2D eigenvalue weighted by molar-refractivity contribution is -0.151. The number of phenolic OH excluding ortho intramolecular Hbond substituents is 1. The fourth-order valence-corrected chi connectivity index (χ4v) is 7.33. The van der Waals surface area contributed by atoms with Gasteiger partial charge in [-0.25, -0.2) is 4.39 Å². The first kappa shape index (κ1) is 46.7. The molecular formula is C43H57FN2O7S2. The van der Waals surface area contributed by atoms with Gasteiger partial charge in [0.1, 0.15) is 17.5 Å². The third-order valence-electron chi connectivity index (χ3n) is 8.82. The summed E-state index contributed by atoms with van der Waals surface area (Å²) < 4.78 is 20.3. The van der Waals surface area contributed by atoms with Gasteiger partial charge in [0, 0.05) is 34.0 Å². The number of amides is 1. The van der Waals surface area contributed by atoms with Crippen LogP contribution in [0.4, 0.5) is 4.39 Å². The highest BCUT2D eigenvalue weighted by molar-refractivity contribution is 7.10. The number of esters is 1. The van der Waals surface area contributed by atoms with Crippen molar-refractivity contribution < 1.29 is 33.4 Å². The summed E-state index contributed by atoms with van der Waals surface area (Å²) in [5, 5.41) is 17.1. The molecule has 300 valence electrons. The fraction of sp³-hybridized carbons (Fsp3) is 0.465. The van der Waals surface area contributed by atoms with Gasteiger partial charge in [-0.2, -0.15) is 0 Å². The molecule has 0 aliphatic carbocycles. The molecule has 3 heterocycles. The van der Waals surface area contributed by atoms with Crippen molar-refractivity contribution in [3.8, 4) is 17.0 Å².